The minimum absolute atomic E-state index is 0.181. The summed E-state index contributed by atoms with van der Waals surface area (Å²) in [5.74, 6) is -0.181. The van der Waals surface area contributed by atoms with E-state index < -0.39 is 0 Å². The number of methoxy groups -OCH3 is 1. The smallest absolute Gasteiger partial charge is 0.309 e. The Hall–Kier alpha value is -1.39. The first-order valence-corrected chi connectivity index (χ1v) is 7.21. The number of nitrogens with zero attached hydrogens (tertiary/aromatic N) is 1. The molecule has 4 nitrogen and oxygen atoms in total. The van der Waals surface area contributed by atoms with E-state index in [0.717, 1.165) is 25.2 Å². The maximum absolute atomic E-state index is 11.5. The van der Waals surface area contributed by atoms with E-state index in [4.69, 9.17) is 4.74 Å². The standard InChI is InChI=1S/C16H24N2O2/c1-12-10-18(13(2)9-17-12)11-15-7-5-4-6-14(15)8-16(19)20-3/h4-7,12-13,17H,8-11H2,1-3H3. The topological polar surface area (TPSA) is 41.6 Å². The zero-order valence-electron chi connectivity index (χ0n) is 12.6. The summed E-state index contributed by atoms with van der Waals surface area (Å²) in [7, 11) is 1.44. The number of carbonyl (C=O) groups excluding carboxylic acids is 1. The van der Waals surface area contributed by atoms with Crippen molar-refractivity contribution in [2.24, 2.45) is 0 Å². The quantitative estimate of drug-likeness (QED) is 0.848. The van der Waals surface area contributed by atoms with Crippen LogP contribution in [-0.2, 0) is 22.5 Å². The van der Waals surface area contributed by atoms with Gasteiger partial charge in [0.2, 0.25) is 0 Å². The second-order valence-electron chi connectivity index (χ2n) is 5.61. The number of hydrogen-bond acceptors (Lipinski definition) is 4. The minimum atomic E-state index is -0.181. The Morgan fingerprint density at radius 3 is 2.75 bits per heavy atom. The van der Waals surface area contributed by atoms with Crippen molar-refractivity contribution in [3.8, 4) is 0 Å². The third-order valence-corrected chi connectivity index (χ3v) is 3.95. The second-order valence-corrected chi connectivity index (χ2v) is 5.61. The van der Waals surface area contributed by atoms with Gasteiger partial charge >= 0.3 is 5.97 Å². The fraction of sp³-hybridized carbons (Fsp3) is 0.562. The summed E-state index contributed by atoms with van der Waals surface area (Å²) in [5.41, 5.74) is 2.29. The van der Waals surface area contributed by atoms with Crippen molar-refractivity contribution in [3.05, 3.63) is 35.4 Å². The molecule has 110 valence electrons. The van der Waals surface area contributed by atoms with Crippen LogP contribution in [0.2, 0.25) is 0 Å². The van der Waals surface area contributed by atoms with Crippen LogP contribution in [0.5, 0.6) is 0 Å². The highest BCUT2D eigenvalue weighted by Gasteiger charge is 2.23. The predicted molar refractivity (Wildman–Crippen MR) is 79.5 cm³/mol. The van der Waals surface area contributed by atoms with Gasteiger partial charge in [-0.25, -0.2) is 0 Å². The lowest BCUT2D eigenvalue weighted by molar-refractivity contribution is -0.139. The van der Waals surface area contributed by atoms with E-state index in [2.05, 4.69) is 30.1 Å². The van der Waals surface area contributed by atoms with Crippen molar-refractivity contribution in [1.82, 2.24) is 10.2 Å². The number of carbonyl (C=O) groups is 1. The molecule has 0 aromatic heterocycles. The van der Waals surface area contributed by atoms with Gasteiger partial charge in [-0.3, -0.25) is 9.69 Å². The Labute approximate surface area is 121 Å². The number of hydrogen-bond donors (Lipinski definition) is 1. The molecule has 1 aromatic carbocycles. The molecule has 20 heavy (non-hydrogen) atoms. The van der Waals surface area contributed by atoms with Crippen LogP contribution >= 0.6 is 0 Å². The van der Waals surface area contributed by atoms with Gasteiger partial charge in [0.25, 0.3) is 0 Å². The molecule has 0 bridgehead atoms. The van der Waals surface area contributed by atoms with Crippen molar-refractivity contribution in [2.45, 2.75) is 38.9 Å². The molecule has 2 atom stereocenters. The van der Waals surface area contributed by atoms with Gasteiger partial charge in [0.15, 0.2) is 0 Å². The van der Waals surface area contributed by atoms with Crippen molar-refractivity contribution in [2.75, 3.05) is 20.2 Å². The van der Waals surface area contributed by atoms with Crippen LogP contribution < -0.4 is 5.32 Å². The van der Waals surface area contributed by atoms with Crippen LogP contribution in [0.25, 0.3) is 0 Å². The number of rotatable bonds is 4. The molecule has 0 saturated carbocycles. The lowest BCUT2D eigenvalue weighted by Gasteiger charge is -2.37. The summed E-state index contributed by atoms with van der Waals surface area (Å²) in [4.78, 5) is 14.0. The second kappa shape index (κ2) is 6.86. The molecule has 2 unspecified atom stereocenters. The summed E-state index contributed by atoms with van der Waals surface area (Å²) in [5, 5.41) is 3.49. The molecule has 4 heteroatoms. The molecule has 0 aliphatic carbocycles. The number of ether oxygens (including phenoxy) is 1. The van der Waals surface area contributed by atoms with E-state index in [9.17, 15) is 4.79 Å². The average molecular weight is 276 g/mol. The molecule has 1 aliphatic rings. The predicted octanol–water partition coefficient (Wildman–Crippen LogP) is 1.58. The van der Waals surface area contributed by atoms with Crippen LogP contribution in [0.1, 0.15) is 25.0 Å². The normalized spacial score (nSPS) is 23.6. The molecule has 1 aromatic rings. The Balaban J connectivity index is 2.10. The maximum atomic E-state index is 11.5. The van der Waals surface area contributed by atoms with Crippen molar-refractivity contribution >= 4 is 5.97 Å². The molecule has 0 spiro atoms. The Morgan fingerprint density at radius 1 is 1.35 bits per heavy atom. The molecular weight excluding hydrogens is 252 g/mol. The average Bonchev–Trinajstić information content (AvgIpc) is 2.44. The van der Waals surface area contributed by atoms with Gasteiger partial charge in [-0.05, 0) is 25.0 Å². The number of benzene rings is 1. The van der Waals surface area contributed by atoms with E-state index in [-0.39, 0.29) is 5.97 Å². The van der Waals surface area contributed by atoms with Crippen molar-refractivity contribution in [3.63, 3.8) is 0 Å². The van der Waals surface area contributed by atoms with Crippen molar-refractivity contribution < 1.29 is 9.53 Å². The first kappa shape index (κ1) is 15.0. The highest BCUT2D eigenvalue weighted by Crippen LogP contribution is 2.16. The molecular formula is C16H24N2O2. The molecule has 1 N–H and O–H groups in total. The molecule has 1 saturated heterocycles. The van der Waals surface area contributed by atoms with Gasteiger partial charge < -0.3 is 10.1 Å². The number of nitrogens with one attached hydrogen (secondary N) is 1. The Kier molecular flexibility index (Phi) is 5.15. The summed E-state index contributed by atoms with van der Waals surface area (Å²) >= 11 is 0. The van der Waals surface area contributed by atoms with Gasteiger partial charge in [0, 0.05) is 31.7 Å². The summed E-state index contributed by atoms with van der Waals surface area (Å²) in [6.07, 6.45) is 0.350. The zero-order chi connectivity index (χ0) is 14.5. The Bertz CT molecular complexity index is 462. The highest BCUT2D eigenvalue weighted by molar-refractivity contribution is 5.72. The third kappa shape index (κ3) is 3.81. The molecule has 0 radical (unpaired) electrons. The first-order valence-electron chi connectivity index (χ1n) is 7.21. The van der Waals surface area contributed by atoms with E-state index in [1.165, 1.54) is 12.7 Å². The van der Waals surface area contributed by atoms with Crippen LogP contribution in [0.15, 0.2) is 24.3 Å². The SMILES string of the molecule is COC(=O)Cc1ccccc1CN1CC(C)NCC1C. The monoisotopic (exact) mass is 276 g/mol. The van der Waals surface area contributed by atoms with E-state index in [0.29, 0.717) is 18.5 Å². The van der Waals surface area contributed by atoms with E-state index >= 15 is 0 Å². The van der Waals surface area contributed by atoms with E-state index in [1.807, 2.05) is 18.2 Å². The van der Waals surface area contributed by atoms with Gasteiger partial charge in [-0.2, -0.15) is 0 Å². The number of piperazine rings is 1. The van der Waals surface area contributed by atoms with E-state index in [1.54, 1.807) is 0 Å². The van der Waals surface area contributed by atoms with Gasteiger partial charge in [-0.1, -0.05) is 24.3 Å². The van der Waals surface area contributed by atoms with Gasteiger partial charge in [-0.15, -0.1) is 0 Å². The lowest BCUT2D eigenvalue weighted by atomic mass is 10.0. The fourth-order valence-corrected chi connectivity index (χ4v) is 2.65. The fourth-order valence-electron chi connectivity index (χ4n) is 2.65. The zero-order valence-corrected chi connectivity index (χ0v) is 12.6. The van der Waals surface area contributed by atoms with Crippen LogP contribution in [0.4, 0.5) is 0 Å². The van der Waals surface area contributed by atoms with Crippen LogP contribution in [0.3, 0.4) is 0 Å². The molecule has 1 heterocycles. The van der Waals surface area contributed by atoms with Gasteiger partial charge in [0.05, 0.1) is 13.5 Å². The van der Waals surface area contributed by atoms with Gasteiger partial charge in [0.1, 0.15) is 0 Å². The minimum Gasteiger partial charge on any atom is -0.469 e. The maximum Gasteiger partial charge on any atom is 0.309 e. The number of esters is 1. The summed E-state index contributed by atoms with van der Waals surface area (Å²) in [6, 6.07) is 9.16. The van der Waals surface area contributed by atoms with Crippen LogP contribution in [0, 0.1) is 0 Å². The largest absolute Gasteiger partial charge is 0.469 e. The van der Waals surface area contributed by atoms with Crippen molar-refractivity contribution in [1.29, 1.82) is 0 Å². The lowest BCUT2D eigenvalue weighted by Crippen LogP contribution is -2.53. The molecule has 1 aliphatic heterocycles. The Morgan fingerprint density at radius 2 is 2.05 bits per heavy atom. The summed E-state index contributed by atoms with van der Waals surface area (Å²) < 4.78 is 4.77. The molecule has 0 amide bonds. The molecule has 1 fully saturated rings. The molecule has 2 rings (SSSR count). The summed E-state index contributed by atoms with van der Waals surface area (Å²) in [6.45, 7) is 7.38. The highest BCUT2D eigenvalue weighted by atomic mass is 16.5. The third-order valence-electron chi connectivity index (χ3n) is 3.95. The van der Waals surface area contributed by atoms with Crippen LogP contribution in [-0.4, -0.2) is 43.2 Å². The first-order chi connectivity index (χ1) is 9.60.